The Morgan fingerprint density at radius 3 is 2.14 bits per heavy atom. The molecule has 336 valence electrons. The zero-order valence-corrected chi connectivity index (χ0v) is 35.4. The highest BCUT2D eigenvalue weighted by molar-refractivity contribution is 6.23. The van der Waals surface area contributed by atoms with Crippen LogP contribution in [0, 0.1) is 17.0 Å². The Morgan fingerprint density at radius 2 is 1.52 bits per heavy atom. The lowest BCUT2D eigenvalue weighted by Crippen LogP contribution is -2.54. The summed E-state index contributed by atoms with van der Waals surface area (Å²) < 4.78 is 62.5. The average Bonchev–Trinajstić information content (AvgIpc) is 3.91. The quantitative estimate of drug-likeness (QED) is 0.164. The number of H-pyrrole nitrogens is 1. The molecule has 5 amide bonds. The maximum atomic E-state index is 16.5. The number of carbonyl (C=O) groups excluding carboxylic acids is 5. The molecule has 0 aliphatic carbocycles. The van der Waals surface area contributed by atoms with Crippen molar-refractivity contribution in [2.45, 2.75) is 89.0 Å². The first-order valence-corrected chi connectivity index (χ1v) is 22.1. The van der Waals surface area contributed by atoms with Gasteiger partial charge in [-0.2, -0.15) is 0 Å². The van der Waals surface area contributed by atoms with Crippen LogP contribution in [0.5, 0.6) is 0 Å². The molecule has 0 radical (unpaired) electrons. The minimum absolute atomic E-state index is 0.0135. The third kappa shape index (κ3) is 7.25. The number of rotatable bonds is 8. The van der Waals surface area contributed by atoms with Crippen LogP contribution in [0.4, 0.5) is 23.2 Å². The average molecular weight is 884 g/mol. The first-order chi connectivity index (χ1) is 30.6. The molecule has 13 nitrogen and oxygen atoms in total. The van der Waals surface area contributed by atoms with Crippen LogP contribution in [0.2, 0.25) is 0 Å². The first-order valence-electron chi connectivity index (χ1n) is 22.1. The van der Waals surface area contributed by atoms with E-state index in [4.69, 9.17) is 0 Å². The second-order valence-corrected chi connectivity index (χ2v) is 18.7. The minimum Gasteiger partial charge on any atom is -0.390 e. The first kappa shape index (κ1) is 42.3. The molecule has 3 saturated heterocycles. The van der Waals surface area contributed by atoms with Crippen LogP contribution >= 0.6 is 0 Å². The standard InChI is InChI=1S/C47H49F4N7O6/c1-26-16-31-30-4-2-3-5-36(30)52-41(31)42(57(26)24-47(50,51)25-59)40-34(48)19-29(20-35(40)49)55-12-8-46(9-13-55)10-14-56(15-11-46)39(61)23-54-21-27-17-32-33(18-28(27)22-54)45(64)58(44(32)63)37-6-7-38(60)53-43(37)62/h2-5,17-20,26,37,42,52,59H,6-16,21-25H2,1H3,(H,53,60,62)/t26-,37?,42-/m1/s1. The topological polar surface area (TPSA) is 150 Å². The van der Waals surface area contributed by atoms with Gasteiger partial charge in [0.1, 0.15) is 24.3 Å². The number of aliphatic hydroxyl groups is 1. The number of benzene rings is 3. The largest absolute Gasteiger partial charge is 0.390 e. The van der Waals surface area contributed by atoms with E-state index in [1.807, 2.05) is 39.0 Å². The molecule has 64 heavy (non-hydrogen) atoms. The zero-order chi connectivity index (χ0) is 44.8. The fraction of sp³-hybridized carbons (Fsp3) is 0.468. The molecule has 1 spiro atoms. The molecule has 3 atom stereocenters. The van der Waals surface area contributed by atoms with Crippen molar-refractivity contribution in [2.24, 2.45) is 5.41 Å². The summed E-state index contributed by atoms with van der Waals surface area (Å²) in [6, 6.07) is 10.7. The number of aromatic nitrogens is 1. The molecular weight excluding hydrogens is 835 g/mol. The number of hydrogen-bond acceptors (Lipinski definition) is 9. The summed E-state index contributed by atoms with van der Waals surface area (Å²) in [6.07, 6.45) is 3.63. The van der Waals surface area contributed by atoms with Crippen LogP contribution < -0.4 is 10.2 Å². The summed E-state index contributed by atoms with van der Waals surface area (Å²) in [4.78, 5) is 75.8. The van der Waals surface area contributed by atoms with Crippen molar-refractivity contribution in [3.05, 3.63) is 99.2 Å². The lowest BCUT2D eigenvalue weighted by Gasteiger charge is -2.47. The molecule has 17 heteroatoms. The number of alkyl halides is 2. The van der Waals surface area contributed by atoms with Crippen molar-refractivity contribution in [1.29, 1.82) is 0 Å². The second kappa shape index (κ2) is 15.8. The predicted molar refractivity (Wildman–Crippen MR) is 225 cm³/mol. The van der Waals surface area contributed by atoms with E-state index in [1.54, 1.807) is 19.1 Å². The molecule has 6 aliphatic rings. The van der Waals surface area contributed by atoms with Crippen molar-refractivity contribution < 1.29 is 46.6 Å². The van der Waals surface area contributed by atoms with Gasteiger partial charge in [0.25, 0.3) is 17.7 Å². The maximum absolute atomic E-state index is 16.5. The molecule has 3 aromatic carbocycles. The normalized spacial score (nSPS) is 23.8. The van der Waals surface area contributed by atoms with Gasteiger partial charge in [-0.1, -0.05) is 18.2 Å². The van der Waals surface area contributed by atoms with Crippen LogP contribution in [-0.2, 0) is 33.9 Å². The number of nitrogens with one attached hydrogen (secondary N) is 2. The van der Waals surface area contributed by atoms with Gasteiger partial charge in [0, 0.05) is 79.6 Å². The Kier molecular flexibility index (Phi) is 10.4. The summed E-state index contributed by atoms with van der Waals surface area (Å²) in [5, 5.41) is 12.6. The lowest BCUT2D eigenvalue weighted by molar-refractivity contribution is -0.137. The number of halogens is 4. The van der Waals surface area contributed by atoms with E-state index >= 15 is 8.78 Å². The van der Waals surface area contributed by atoms with Crippen molar-refractivity contribution in [3.63, 3.8) is 0 Å². The van der Waals surface area contributed by atoms with Crippen LogP contribution in [-0.4, -0.2) is 123 Å². The fourth-order valence-corrected chi connectivity index (χ4v) is 11.2. The van der Waals surface area contributed by atoms with E-state index in [0.717, 1.165) is 58.2 Å². The summed E-state index contributed by atoms with van der Waals surface area (Å²) >= 11 is 0. The monoisotopic (exact) mass is 883 g/mol. The van der Waals surface area contributed by atoms with E-state index < -0.39 is 72.5 Å². The molecule has 0 saturated carbocycles. The molecule has 7 heterocycles. The van der Waals surface area contributed by atoms with Crippen LogP contribution in [0.3, 0.4) is 0 Å². The Balaban J connectivity index is 0.765. The number of amides is 5. The van der Waals surface area contributed by atoms with Crippen molar-refractivity contribution >= 4 is 46.1 Å². The number of imide groups is 2. The number of para-hydroxylation sites is 1. The fourth-order valence-electron chi connectivity index (χ4n) is 11.2. The van der Waals surface area contributed by atoms with Gasteiger partial charge in [-0.05, 0) is 97.9 Å². The van der Waals surface area contributed by atoms with Gasteiger partial charge in [0.2, 0.25) is 17.7 Å². The minimum atomic E-state index is -3.49. The molecular formula is C47H49F4N7O6. The number of carbonyl (C=O) groups is 5. The summed E-state index contributed by atoms with van der Waals surface area (Å²) in [5.74, 6) is -7.38. The van der Waals surface area contributed by atoms with Gasteiger partial charge in [-0.15, -0.1) is 0 Å². The zero-order valence-electron chi connectivity index (χ0n) is 35.4. The van der Waals surface area contributed by atoms with Crippen molar-refractivity contribution in [3.8, 4) is 0 Å². The molecule has 3 fully saturated rings. The van der Waals surface area contributed by atoms with Crippen LogP contribution in [0.25, 0.3) is 10.9 Å². The van der Waals surface area contributed by atoms with E-state index in [-0.39, 0.29) is 47.4 Å². The van der Waals surface area contributed by atoms with E-state index in [1.165, 1.54) is 17.0 Å². The van der Waals surface area contributed by atoms with E-state index in [9.17, 15) is 37.9 Å². The van der Waals surface area contributed by atoms with Crippen molar-refractivity contribution in [2.75, 3.05) is 50.8 Å². The molecule has 0 bridgehead atoms. The van der Waals surface area contributed by atoms with E-state index in [2.05, 4.69) is 10.3 Å². The molecule has 6 aliphatic heterocycles. The van der Waals surface area contributed by atoms with Gasteiger partial charge >= 0.3 is 0 Å². The number of nitrogens with zero attached hydrogens (tertiary/aromatic N) is 5. The number of piperidine rings is 3. The number of anilines is 1. The summed E-state index contributed by atoms with van der Waals surface area (Å²) in [7, 11) is 0. The predicted octanol–water partition coefficient (Wildman–Crippen LogP) is 5.04. The smallest absolute Gasteiger partial charge is 0.283 e. The number of likely N-dealkylation sites (tertiary alicyclic amines) is 1. The van der Waals surface area contributed by atoms with Gasteiger partial charge < -0.3 is 19.9 Å². The number of hydrogen-bond donors (Lipinski definition) is 3. The Labute approximate surface area is 366 Å². The molecule has 10 rings (SSSR count). The van der Waals surface area contributed by atoms with Gasteiger partial charge in [0.05, 0.1) is 30.3 Å². The van der Waals surface area contributed by atoms with Crippen LogP contribution in [0.15, 0.2) is 48.5 Å². The maximum Gasteiger partial charge on any atom is 0.283 e. The van der Waals surface area contributed by atoms with Gasteiger partial charge in [0.15, 0.2) is 0 Å². The third-order valence-electron chi connectivity index (χ3n) is 14.8. The Morgan fingerprint density at radius 1 is 0.891 bits per heavy atom. The number of aromatic amines is 1. The number of aliphatic hydroxyl groups excluding tert-OH is 1. The summed E-state index contributed by atoms with van der Waals surface area (Å²) in [5.41, 5.74) is 4.21. The Bertz CT molecular complexity index is 2550. The SMILES string of the molecule is C[C@@H]1Cc2c([nH]c3ccccc23)[C@@H](c2c(F)cc(N3CCC4(CCN(C(=O)CN5Cc6cc7c(cc6C5)C(=O)N(C5CCC(=O)NC5=O)C7=O)CC4)CC3)cc2F)N1CC(F)(F)CO. The highest BCUT2D eigenvalue weighted by atomic mass is 19.3. The van der Waals surface area contributed by atoms with Crippen LogP contribution in [0.1, 0.15) is 100 Å². The molecule has 1 unspecified atom stereocenters. The lowest BCUT2D eigenvalue weighted by atomic mass is 9.71. The van der Waals surface area contributed by atoms with Gasteiger partial charge in [-0.3, -0.25) is 44.0 Å². The third-order valence-corrected chi connectivity index (χ3v) is 14.8. The highest BCUT2D eigenvalue weighted by Gasteiger charge is 2.47. The molecule has 3 N–H and O–H groups in total. The number of fused-ring (bicyclic) bond motifs is 5. The molecule has 4 aromatic rings. The van der Waals surface area contributed by atoms with Crippen molar-refractivity contribution in [1.82, 2.24) is 29.9 Å². The van der Waals surface area contributed by atoms with Gasteiger partial charge in [-0.25, -0.2) is 17.6 Å². The second-order valence-electron chi connectivity index (χ2n) is 18.7. The van der Waals surface area contributed by atoms with E-state index in [0.29, 0.717) is 57.1 Å². The highest BCUT2D eigenvalue weighted by Crippen LogP contribution is 2.46. The summed E-state index contributed by atoms with van der Waals surface area (Å²) in [6.45, 7) is 2.77. The molecule has 1 aromatic heterocycles. The Hall–Kier alpha value is -5.65.